The zero-order valence-corrected chi connectivity index (χ0v) is 12.6. The summed E-state index contributed by atoms with van der Waals surface area (Å²) in [4.78, 5) is 26.7. The minimum Gasteiger partial charge on any atom is -0.304 e. The number of urea groups is 2. The average Bonchev–Trinajstić information content (AvgIpc) is 2.47. The molecule has 1 saturated heterocycles. The van der Waals surface area contributed by atoms with E-state index >= 15 is 0 Å². The molecule has 1 fully saturated rings. The number of hydrogen-bond acceptors (Lipinski definition) is 3. The van der Waals surface area contributed by atoms with Crippen LogP contribution in [0.2, 0.25) is 0 Å². The van der Waals surface area contributed by atoms with Gasteiger partial charge in [-0.15, -0.1) is 0 Å². The number of carbonyl (C=O) groups excluding carboxylic acids is 2. The number of rotatable bonds is 4. The second-order valence-electron chi connectivity index (χ2n) is 4.86. The van der Waals surface area contributed by atoms with Crippen molar-refractivity contribution >= 4 is 17.7 Å². The molecule has 0 bridgehead atoms. The summed E-state index contributed by atoms with van der Waals surface area (Å²) >= 11 is 0. The van der Waals surface area contributed by atoms with Crippen LogP contribution in [0.15, 0.2) is 24.3 Å². The summed E-state index contributed by atoms with van der Waals surface area (Å²) in [7, 11) is 0. The van der Waals surface area contributed by atoms with E-state index in [0.717, 1.165) is 18.2 Å². The molecule has 1 unspecified atom stereocenters. The van der Waals surface area contributed by atoms with E-state index in [1.165, 1.54) is 11.0 Å². The minimum atomic E-state index is -4.55. The Morgan fingerprint density at radius 1 is 1.26 bits per heavy atom. The number of nitrogens with one attached hydrogen (secondary N) is 2. The van der Waals surface area contributed by atoms with E-state index in [-0.39, 0.29) is 12.2 Å². The summed E-state index contributed by atoms with van der Waals surface area (Å²) < 4.78 is 38.4. The van der Waals surface area contributed by atoms with Crippen LogP contribution in [0.1, 0.15) is 19.4 Å². The van der Waals surface area contributed by atoms with Crippen molar-refractivity contribution in [1.29, 1.82) is 0 Å². The molecule has 6 nitrogen and oxygen atoms in total. The Labute approximate surface area is 131 Å². The van der Waals surface area contributed by atoms with Crippen molar-refractivity contribution in [3.8, 4) is 0 Å². The standard InChI is InChI=1S/C14H17F3N4O2/c1-3-18-11-19-12(22)21(13(23)20(11)4-2)10-7-5-6-9(8-10)14(15,16)17/h5-8,11,18H,3-4H2,1-2H3,(H,19,22). The fraction of sp³-hybridized carbons (Fsp3) is 0.429. The third-order valence-electron chi connectivity index (χ3n) is 3.38. The minimum absolute atomic E-state index is 0.129. The molecule has 9 heteroatoms. The molecule has 1 aliphatic heterocycles. The van der Waals surface area contributed by atoms with Crippen LogP contribution in [-0.4, -0.2) is 36.3 Å². The van der Waals surface area contributed by atoms with Gasteiger partial charge in [0.2, 0.25) is 0 Å². The first-order valence-corrected chi connectivity index (χ1v) is 7.11. The first-order chi connectivity index (χ1) is 10.8. The number of halogens is 3. The van der Waals surface area contributed by atoms with E-state index in [4.69, 9.17) is 0 Å². The maximum Gasteiger partial charge on any atom is 0.416 e. The Morgan fingerprint density at radius 2 is 1.96 bits per heavy atom. The number of amides is 4. The quantitative estimate of drug-likeness (QED) is 0.892. The van der Waals surface area contributed by atoms with Gasteiger partial charge in [0.25, 0.3) is 0 Å². The Bertz CT molecular complexity index is 606. The van der Waals surface area contributed by atoms with E-state index in [1.54, 1.807) is 6.92 Å². The monoisotopic (exact) mass is 330 g/mol. The molecule has 126 valence electrons. The molecule has 1 aromatic carbocycles. The molecule has 0 aromatic heterocycles. The number of carbonyl (C=O) groups is 2. The van der Waals surface area contributed by atoms with Gasteiger partial charge in [-0.3, -0.25) is 10.2 Å². The van der Waals surface area contributed by atoms with Gasteiger partial charge in [-0.1, -0.05) is 13.0 Å². The lowest BCUT2D eigenvalue weighted by Gasteiger charge is -2.40. The first-order valence-electron chi connectivity index (χ1n) is 7.11. The maximum atomic E-state index is 12.8. The zero-order valence-electron chi connectivity index (χ0n) is 12.6. The highest BCUT2D eigenvalue weighted by atomic mass is 19.4. The van der Waals surface area contributed by atoms with E-state index in [2.05, 4.69) is 10.6 Å². The number of imide groups is 1. The van der Waals surface area contributed by atoms with Crippen molar-refractivity contribution in [3.63, 3.8) is 0 Å². The van der Waals surface area contributed by atoms with E-state index in [9.17, 15) is 22.8 Å². The highest BCUT2D eigenvalue weighted by Gasteiger charge is 2.39. The Balaban J connectivity index is 2.36. The van der Waals surface area contributed by atoms with Gasteiger partial charge in [0.05, 0.1) is 11.3 Å². The molecule has 2 N–H and O–H groups in total. The predicted molar refractivity (Wildman–Crippen MR) is 77.7 cm³/mol. The lowest BCUT2D eigenvalue weighted by molar-refractivity contribution is -0.137. The number of nitrogens with zero attached hydrogens (tertiary/aromatic N) is 2. The van der Waals surface area contributed by atoms with E-state index in [1.807, 2.05) is 6.92 Å². The predicted octanol–water partition coefficient (Wildman–Crippen LogP) is 2.57. The number of anilines is 1. The fourth-order valence-corrected chi connectivity index (χ4v) is 2.31. The Morgan fingerprint density at radius 3 is 2.52 bits per heavy atom. The van der Waals surface area contributed by atoms with Crippen molar-refractivity contribution in [2.24, 2.45) is 0 Å². The largest absolute Gasteiger partial charge is 0.416 e. The van der Waals surface area contributed by atoms with Crippen molar-refractivity contribution in [2.45, 2.75) is 26.3 Å². The van der Waals surface area contributed by atoms with E-state index in [0.29, 0.717) is 11.4 Å². The van der Waals surface area contributed by atoms with Crippen molar-refractivity contribution in [3.05, 3.63) is 29.8 Å². The summed E-state index contributed by atoms with van der Waals surface area (Å²) in [5.41, 5.74) is -1.05. The summed E-state index contributed by atoms with van der Waals surface area (Å²) in [6, 6.07) is 2.65. The molecule has 0 spiro atoms. The fourth-order valence-electron chi connectivity index (χ4n) is 2.31. The van der Waals surface area contributed by atoms with Crippen LogP contribution in [0.4, 0.5) is 28.4 Å². The molecular weight excluding hydrogens is 313 g/mol. The highest BCUT2D eigenvalue weighted by Crippen LogP contribution is 2.32. The number of alkyl halides is 3. The van der Waals surface area contributed by atoms with Crippen molar-refractivity contribution < 1.29 is 22.8 Å². The smallest absolute Gasteiger partial charge is 0.304 e. The van der Waals surface area contributed by atoms with Crippen LogP contribution in [-0.2, 0) is 6.18 Å². The zero-order chi connectivity index (χ0) is 17.2. The topological polar surface area (TPSA) is 64.7 Å². The van der Waals surface area contributed by atoms with Crippen LogP contribution in [0, 0.1) is 0 Å². The molecule has 1 heterocycles. The molecule has 23 heavy (non-hydrogen) atoms. The SMILES string of the molecule is CCNC1NC(=O)N(c2cccc(C(F)(F)F)c2)C(=O)N1CC. The summed E-state index contributed by atoms with van der Waals surface area (Å²) in [6.45, 7) is 4.32. The maximum absolute atomic E-state index is 12.8. The van der Waals surface area contributed by atoms with Gasteiger partial charge in [0.15, 0.2) is 6.29 Å². The van der Waals surface area contributed by atoms with Crippen molar-refractivity contribution in [2.75, 3.05) is 18.0 Å². The van der Waals surface area contributed by atoms with Crippen LogP contribution in [0.5, 0.6) is 0 Å². The highest BCUT2D eigenvalue weighted by molar-refractivity contribution is 6.15. The molecule has 2 rings (SSSR count). The van der Waals surface area contributed by atoms with Gasteiger partial charge in [-0.2, -0.15) is 13.2 Å². The summed E-state index contributed by atoms with van der Waals surface area (Å²) in [5, 5.41) is 5.48. The molecule has 0 radical (unpaired) electrons. The first kappa shape index (κ1) is 17.1. The summed E-state index contributed by atoms with van der Waals surface area (Å²) in [6.07, 6.45) is -5.24. The van der Waals surface area contributed by atoms with Crippen LogP contribution < -0.4 is 15.5 Å². The second-order valence-corrected chi connectivity index (χ2v) is 4.86. The molecule has 1 aliphatic rings. The molecule has 0 saturated carbocycles. The molecular formula is C14H17F3N4O2. The normalized spacial score (nSPS) is 19.1. The van der Waals surface area contributed by atoms with Crippen LogP contribution in [0.25, 0.3) is 0 Å². The van der Waals surface area contributed by atoms with Gasteiger partial charge < -0.3 is 5.32 Å². The van der Waals surface area contributed by atoms with E-state index < -0.39 is 30.1 Å². The number of hydrogen-bond donors (Lipinski definition) is 2. The Hall–Kier alpha value is -2.29. The lowest BCUT2D eigenvalue weighted by Crippen LogP contribution is -2.69. The molecule has 1 atom stereocenters. The molecule has 0 aliphatic carbocycles. The summed E-state index contributed by atoms with van der Waals surface area (Å²) in [5.74, 6) is 0. The van der Waals surface area contributed by atoms with Crippen molar-refractivity contribution in [1.82, 2.24) is 15.5 Å². The molecule has 1 aromatic rings. The lowest BCUT2D eigenvalue weighted by atomic mass is 10.2. The van der Waals surface area contributed by atoms with Crippen LogP contribution in [0.3, 0.4) is 0 Å². The Kier molecular flexibility index (Phi) is 4.79. The van der Waals surface area contributed by atoms with Gasteiger partial charge in [-0.25, -0.2) is 14.5 Å². The third kappa shape index (κ3) is 3.39. The van der Waals surface area contributed by atoms with Gasteiger partial charge in [0, 0.05) is 6.54 Å². The van der Waals surface area contributed by atoms with Gasteiger partial charge in [-0.05, 0) is 31.7 Å². The van der Waals surface area contributed by atoms with Gasteiger partial charge >= 0.3 is 18.2 Å². The third-order valence-corrected chi connectivity index (χ3v) is 3.38. The molecule has 4 amide bonds. The second kappa shape index (κ2) is 6.45. The van der Waals surface area contributed by atoms with Gasteiger partial charge in [0.1, 0.15) is 0 Å². The number of benzene rings is 1. The average molecular weight is 330 g/mol. The van der Waals surface area contributed by atoms with Crippen LogP contribution >= 0.6 is 0 Å².